The number of nitrogens with two attached hydrogens (primary N) is 1. The molecule has 0 bridgehead atoms. The highest BCUT2D eigenvalue weighted by Crippen LogP contribution is 2.48. The number of hydrogen-bond acceptors (Lipinski definition) is 3. The molecule has 4 heteroatoms. The van der Waals surface area contributed by atoms with Crippen molar-refractivity contribution in [2.24, 2.45) is 17.6 Å². The van der Waals surface area contributed by atoms with Gasteiger partial charge in [-0.3, -0.25) is 4.79 Å². The van der Waals surface area contributed by atoms with Crippen molar-refractivity contribution in [3.05, 3.63) is 0 Å². The van der Waals surface area contributed by atoms with Crippen molar-refractivity contribution in [2.75, 3.05) is 0 Å². The van der Waals surface area contributed by atoms with E-state index >= 15 is 0 Å². The number of carbonyl (C=O) groups is 1. The Labute approximate surface area is 95.4 Å². The first-order valence-corrected chi connectivity index (χ1v) is 6.19. The van der Waals surface area contributed by atoms with E-state index in [1.807, 2.05) is 0 Å². The summed E-state index contributed by atoms with van der Waals surface area (Å²) in [6, 6.07) is 2.01. The molecule has 0 aromatic rings. The Morgan fingerprint density at radius 3 is 2.75 bits per heavy atom. The molecule has 4 atom stereocenters. The fraction of sp³-hybridized carbons (Fsp3) is 0.833. The lowest BCUT2D eigenvalue weighted by molar-refractivity contribution is -0.135. The third-order valence-electron chi connectivity index (χ3n) is 4.45. The summed E-state index contributed by atoms with van der Waals surface area (Å²) in [5, 5.41) is 9.03. The van der Waals surface area contributed by atoms with Crippen LogP contribution in [0.4, 0.5) is 0 Å². The molecule has 0 unspecified atom stereocenters. The van der Waals surface area contributed by atoms with E-state index < -0.39 is 0 Å². The van der Waals surface area contributed by atoms with Crippen LogP contribution in [0.15, 0.2) is 0 Å². The summed E-state index contributed by atoms with van der Waals surface area (Å²) in [6.45, 7) is 0. The molecule has 0 aromatic carbocycles. The first kappa shape index (κ1) is 10.1. The minimum atomic E-state index is -0.357. The van der Waals surface area contributed by atoms with Crippen molar-refractivity contribution in [3.8, 4) is 6.07 Å². The van der Waals surface area contributed by atoms with Gasteiger partial charge in [0.2, 0.25) is 5.91 Å². The van der Waals surface area contributed by atoms with E-state index in [0.717, 1.165) is 25.7 Å². The Hall–Kier alpha value is -1.08. The molecule has 0 spiro atoms. The predicted molar refractivity (Wildman–Crippen MR) is 58.1 cm³/mol. The van der Waals surface area contributed by atoms with Crippen molar-refractivity contribution in [2.45, 2.75) is 50.2 Å². The molecule has 2 saturated carbocycles. The summed E-state index contributed by atoms with van der Waals surface area (Å²) in [4.78, 5) is 14.0. The van der Waals surface area contributed by atoms with Gasteiger partial charge in [-0.05, 0) is 37.5 Å². The van der Waals surface area contributed by atoms with Gasteiger partial charge in [-0.25, -0.2) is 0 Å². The van der Waals surface area contributed by atoms with Crippen molar-refractivity contribution >= 4 is 5.91 Å². The summed E-state index contributed by atoms with van der Waals surface area (Å²) in [6.07, 6.45) is 5.29. The smallest absolute Gasteiger partial charge is 0.241 e. The van der Waals surface area contributed by atoms with Gasteiger partial charge in [0.1, 0.15) is 6.04 Å². The minimum absolute atomic E-state index is 0.0289. The number of nitrogens with zero attached hydrogens (tertiary/aromatic N) is 2. The second-order valence-corrected chi connectivity index (χ2v) is 5.41. The van der Waals surface area contributed by atoms with Crippen LogP contribution >= 0.6 is 0 Å². The molecule has 2 N–H and O–H groups in total. The van der Waals surface area contributed by atoms with E-state index in [4.69, 9.17) is 11.0 Å². The van der Waals surface area contributed by atoms with Gasteiger partial charge in [0.05, 0.1) is 12.1 Å². The number of fused-ring (bicyclic) bond motifs is 1. The van der Waals surface area contributed by atoms with Gasteiger partial charge in [0, 0.05) is 6.04 Å². The van der Waals surface area contributed by atoms with Gasteiger partial charge in [0.15, 0.2) is 0 Å². The molecule has 1 amide bonds. The van der Waals surface area contributed by atoms with Gasteiger partial charge >= 0.3 is 0 Å². The second kappa shape index (κ2) is 3.46. The van der Waals surface area contributed by atoms with E-state index in [2.05, 4.69) is 6.07 Å². The zero-order valence-corrected chi connectivity index (χ0v) is 9.30. The summed E-state index contributed by atoms with van der Waals surface area (Å²) in [5.41, 5.74) is 6.00. The largest absolute Gasteiger partial charge is 0.322 e. The molecule has 16 heavy (non-hydrogen) atoms. The van der Waals surface area contributed by atoms with Crippen LogP contribution in [0, 0.1) is 23.2 Å². The number of hydrogen-bond donors (Lipinski definition) is 1. The van der Waals surface area contributed by atoms with Crippen LogP contribution in [0.1, 0.15) is 32.1 Å². The highest BCUT2D eigenvalue weighted by atomic mass is 16.2. The molecule has 1 aliphatic heterocycles. The Balaban J connectivity index is 1.71. The maximum absolute atomic E-state index is 12.2. The van der Waals surface area contributed by atoms with Crippen LogP contribution in [0.5, 0.6) is 0 Å². The number of likely N-dealkylation sites (tertiary alicyclic amines) is 1. The lowest BCUT2D eigenvalue weighted by Crippen LogP contribution is -2.51. The SMILES string of the molecule is N#C[C@@H]1C[C@@H]2C[C@@H]2N1C(=O)[C@@H](N)C1CCC1. The monoisotopic (exact) mass is 219 g/mol. The Kier molecular flexibility index (Phi) is 2.18. The van der Waals surface area contributed by atoms with E-state index in [1.165, 1.54) is 6.42 Å². The van der Waals surface area contributed by atoms with Gasteiger partial charge in [-0.15, -0.1) is 0 Å². The van der Waals surface area contributed by atoms with E-state index in [1.54, 1.807) is 4.90 Å². The van der Waals surface area contributed by atoms with E-state index in [0.29, 0.717) is 17.9 Å². The predicted octanol–water partition coefficient (Wildman–Crippen LogP) is 0.627. The lowest BCUT2D eigenvalue weighted by atomic mass is 9.79. The molecule has 0 radical (unpaired) electrons. The molecule has 3 fully saturated rings. The fourth-order valence-corrected chi connectivity index (χ4v) is 3.06. The summed E-state index contributed by atoms with van der Waals surface area (Å²) < 4.78 is 0. The van der Waals surface area contributed by atoms with Crippen molar-refractivity contribution in [1.29, 1.82) is 5.26 Å². The molecule has 86 valence electrons. The summed E-state index contributed by atoms with van der Waals surface area (Å²) in [5.74, 6) is 0.980. The molecule has 3 aliphatic rings. The average Bonchev–Trinajstić information content (AvgIpc) is 2.86. The van der Waals surface area contributed by atoms with E-state index in [-0.39, 0.29) is 18.0 Å². The second-order valence-electron chi connectivity index (χ2n) is 5.41. The Morgan fingerprint density at radius 1 is 1.44 bits per heavy atom. The highest BCUT2D eigenvalue weighted by molar-refractivity contribution is 5.84. The number of rotatable bonds is 2. The molecular weight excluding hydrogens is 202 g/mol. The number of nitriles is 1. The minimum Gasteiger partial charge on any atom is -0.322 e. The molecule has 1 saturated heterocycles. The maximum Gasteiger partial charge on any atom is 0.241 e. The average molecular weight is 219 g/mol. The first-order chi connectivity index (χ1) is 7.72. The van der Waals surface area contributed by atoms with Crippen molar-refractivity contribution in [1.82, 2.24) is 4.90 Å². The molecule has 2 aliphatic carbocycles. The standard InChI is InChI=1S/C12H17N3O/c13-6-9-4-8-5-10(8)15(9)12(16)11(14)7-2-1-3-7/h7-11H,1-5,14H2/t8-,9+,10+,11+/m1/s1. The van der Waals surface area contributed by atoms with Gasteiger partial charge in [-0.1, -0.05) is 6.42 Å². The zero-order chi connectivity index (χ0) is 11.3. The maximum atomic E-state index is 12.2. The first-order valence-electron chi connectivity index (χ1n) is 6.19. The third-order valence-corrected chi connectivity index (χ3v) is 4.45. The fourth-order valence-electron chi connectivity index (χ4n) is 3.06. The number of amides is 1. The molecule has 3 rings (SSSR count). The quantitative estimate of drug-likeness (QED) is 0.740. The number of carbonyl (C=O) groups excluding carboxylic acids is 1. The molecule has 1 heterocycles. The molecular formula is C12H17N3O. The van der Waals surface area contributed by atoms with E-state index in [9.17, 15) is 4.79 Å². The van der Waals surface area contributed by atoms with Crippen LogP contribution in [0.25, 0.3) is 0 Å². The van der Waals surface area contributed by atoms with Crippen LogP contribution in [0.3, 0.4) is 0 Å². The van der Waals surface area contributed by atoms with Gasteiger partial charge < -0.3 is 10.6 Å². The highest BCUT2D eigenvalue weighted by Gasteiger charge is 2.55. The van der Waals surface area contributed by atoms with Gasteiger partial charge in [-0.2, -0.15) is 5.26 Å². The lowest BCUT2D eigenvalue weighted by Gasteiger charge is -2.34. The molecule has 4 nitrogen and oxygen atoms in total. The zero-order valence-electron chi connectivity index (χ0n) is 9.30. The van der Waals surface area contributed by atoms with Crippen molar-refractivity contribution in [3.63, 3.8) is 0 Å². The normalized spacial score (nSPS) is 38.5. The van der Waals surface area contributed by atoms with Crippen LogP contribution in [-0.2, 0) is 4.79 Å². The van der Waals surface area contributed by atoms with Crippen LogP contribution in [0.2, 0.25) is 0 Å². The Morgan fingerprint density at radius 2 is 2.19 bits per heavy atom. The Bertz CT molecular complexity index is 358. The van der Waals surface area contributed by atoms with Crippen LogP contribution < -0.4 is 5.73 Å². The van der Waals surface area contributed by atoms with Crippen LogP contribution in [-0.4, -0.2) is 28.9 Å². The summed E-state index contributed by atoms with van der Waals surface area (Å²) >= 11 is 0. The third kappa shape index (κ3) is 1.35. The number of piperidine rings is 1. The van der Waals surface area contributed by atoms with Crippen molar-refractivity contribution < 1.29 is 4.79 Å². The topological polar surface area (TPSA) is 70.1 Å². The van der Waals surface area contributed by atoms with Gasteiger partial charge in [0.25, 0.3) is 0 Å². The summed E-state index contributed by atoms with van der Waals surface area (Å²) in [7, 11) is 0. The molecule has 0 aromatic heterocycles.